The molecule has 0 aliphatic carbocycles. The fraction of sp³-hybridized carbons (Fsp3) is 0.333. The van der Waals surface area contributed by atoms with Gasteiger partial charge in [0.2, 0.25) is 5.91 Å². The molecule has 1 aliphatic rings. The number of anilines is 1. The van der Waals surface area contributed by atoms with Gasteiger partial charge in [0, 0.05) is 31.4 Å². The van der Waals surface area contributed by atoms with E-state index in [-0.39, 0.29) is 25.2 Å². The van der Waals surface area contributed by atoms with Gasteiger partial charge in [-0.05, 0) is 41.1 Å². The Morgan fingerprint density at radius 3 is 2.61 bits per heavy atom. The minimum absolute atomic E-state index is 0.187. The molecule has 162 valence electrons. The quantitative estimate of drug-likeness (QED) is 0.673. The van der Waals surface area contributed by atoms with Crippen molar-refractivity contribution in [2.45, 2.75) is 19.1 Å². The molecule has 1 N–H and O–H groups in total. The van der Waals surface area contributed by atoms with Crippen LogP contribution in [0, 0.1) is 5.41 Å². The number of amides is 1. The fourth-order valence-corrected chi connectivity index (χ4v) is 3.87. The number of likely N-dealkylation sites (tertiary alicyclic amines) is 1. The van der Waals surface area contributed by atoms with Gasteiger partial charge in [-0.25, -0.2) is 4.68 Å². The van der Waals surface area contributed by atoms with Gasteiger partial charge in [0.05, 0.1) is 0 Å². The van der Waals surface area contributed by atoms with Gasteiger partial charge < -0.3 is 5.32 Å². The van der Waals surface area contributed by atoms with E-state index in [9.17, 15) is 18.0 Å². The summed E-state index contributed by atoms with van der Waals surface area (Å²) in [4.78, 5) is 14.6. The van der Waals surface area contributed by atoms with Crippen molar-refractivity contribution in [3.63, 3.8) is 0 Å². The van der Waals surface area contributed by atoms with Crippen molar-refractivity contribution in [2.24, 2.45) is 12.5 Å². The Labute approximate surface area is 176 Å². The Morgan fingerprint density at radius 2 is 1.94 bits per heavy atom. The largest absolute Gasteiger partial charge is 0.404 e. The van der Waals surface area contributed by atoms with Crippen molar-refractivity contribution >= 4 is 11.6 Å². The lowest BCUT2D eigenvalue weighted by molar-refractivity contribution is -0.215. The zero-order chi connectivity index (χ0) is 22.1. The zero-order valence-electron chi connectivity index (χ0n) is 16.8. The number of aromatic nitrogens is 4. The summed E-state index contributed by atoms with van der Waals surface area (Å²) in [6.07, 6.45) is -4.96. The molecule has 0 saturated carbocycles. The first-order valence-corrected chi connectivity index (χ1v) is 9.76. The Balaban J connectivity index is 1.54. The van der Waals surface area contributed by atoms with Crippen LogP contribution in [0.25, 0.3) is 11.4 Å². The summed E-state index contributed by atoms with van der Waals surface area (Å²) in [6.45, 7) is 0.164. The van der Waals surface area contributed by atoms with E-state index in [1.165, 1.54) is 4.68 Å². The number of halogens is 3. The highest BCUT2D eigenvalue weighted by Crippen LogP contribution is 2.46. The molecule has 2 heterocycles. The van der Waals surface area contributed by atoms with Crippen molar-refractivity contribution in [1.82, 2.24) is 25.1 Å². The lowest BCUT2D eigenvalue weighted by Crippen LogP contribution is -2.49. The molecule has 1 saturated heterocycles. The maximum Gasteiger partial charge on any atom is 0.404 e. The van der Waals surface area contributed by atoms with Crippen LogP contribution in [0.1, 0.15) is 12.0 Å². The summed E-state index contributed by atoms with van der Waals surface area (Å²) in [7, 11) is 1.65. The van der Waals surface area contributed by atoms with Crippen molar-refractivity contribution in [2.75, 3.05) is 18.4 Å². The second-order valence-corrected chi connectivity index (χ2v) is 7.69. The molecule has 0 spiro atoms. The number of carbonyl (C=O) groups is 1. The number of hydrogen-bond acceptors (Lipinski definition) is 5. The lowest BCUT2D eigenvalue weighted by atomic mass is 9.85. The molecule has 7 nitrogen and oxygen atoms in total. The van der Waals surface area contributed by atoms with E-state index in [1.807, 2.05) is 30.3 Å². The third-order valence-electron chi connectivity index (χ3n) is 5.57. The van der Waals surface area contributed by atoms with Gasteiger partial charge in [0.15, 0.2) is 11.2 Å². The Kier molecular flexibility index (Phi) is 5.48. The second kappa shape index (κ2) is 8.10. The molecule has 10 heteroatoms. The highest BCUT2D eigenvalue weighted by Gasteiger charge is 2.62. The van der Waals surface area contributed by atoms with E-state index < -0.39 is 17.5 Å². The number of nitrogens with one attached hydrogen (secondary N) is 1. The van der Waals surface area contributed by atoms with Crippen LogP contribution in [0.2, 0.25) is 0 Å². The van der Waals surface area contributed by atoms with Crippen molar-refractivity contribution < 1.29 is 18.0 Å². The predicted octanol–water partition coefficient (Wildman–Crippen LogP) is 3.27. The third kappa shape index (κ3) is 4.15. The number of aryl methyl sites for hydroxylation is 1. The summed E-state index contributed by atoms with van der Waals surface area (Å²) in [6, 6.07) is 15.7. The summed E-state index contributed by atoms with van der Waals surface area (Å²) >= 11 is 0. The molecule has 1 fully saturated rings. The van der Waals surface area contributed by atoms with E-state index in [1.54, 1.807) is 36.2 Å². The standard InChI is InChI=1S/C21H21F3N6O/c1-29-18(26-27-28-29)16-8-5-9-17(12-16)25-19(31)20(21(22,23)24)10-11-30(14-20)13-15-6-3-2-4-7-15/h2-9,12H,10-11,13-14H2,1H3,(H,25,31). The molecule has 1 aliphatic heterocycles. The maximum atomic E-state index is 14.1. The van der Waals surface area contributed by atoms with Gasteiger partial charge in [-0.2, -0.15) is 13.2 Å². The summed E-state index contributed by atoms with van der Waals surface area (Å²) in [5.41, 5.74) is -0.714. The molecule has 2 aromatic carbocycles. The molecular weight excluding hydrogens is 409 g/mol. The van der Waals surface area contributed by atoms with E-state index >= 15 is 0 Å². The number of rotatable bonds is 5. The first kappa shape index (κ1) is 21.0. The molecular formula is C21H21F3N6O. The van der Waals surface area contributed by atoms with Gasteiger partial charge in [-0.1, -0.05) is 42.5 Å². The average Bonchev–Trinajstić information content (AvgIpc) is 3.36. The number of nitrogens with zero attached hydrogens (tertiary/aromatic N) is 5. The highest BCUT2D eigenvalue weighted by atomic mass is 19.4. The highest BCUT2D eigenvalue weighted by molar-refractivity contribution is 5.96. The van der Waals surface area contributed by atoms with Crippen LogP contribution < -0.4 is 5.32 Å². The Hall–Kier alpha value is -3.27. The molecule has 31 heavy (non-hydrogen) atoms. The third-order valence-corrected chi connectivity index (χ3v) is 5.57. The Morgan fingerprint density at radius 1 is 1.16 bits per heavy atom. The minimum Gasteiger partial charge on any atom is -0.325 e. The Bertz CT molecular complexity index is 1070. The van der Waals surface area contributed by atoms with E-state index in [0.717, 1.165) is 5.56 Å². The van der Waals surface area contributed by atoms with Crippen molar-refractivity contribution in [1.29, 1.82) is 0 Å². The number of alkyl halides is 3. The molecule has 1 amide bonds. The number of hydrogen-bond donors (Lipinski definition) is 1. The predicted molar refractivity (Wildman–Crippen MR) is 108 cm³/mol. The van der Waals surface area contributed by atoms with E-state index in [0.29, 0.717) is 17.9 Å². The molecule has 1 atom stereocenters. The summed E-state index contributed by atoms with van der Waals surface area (Å²) < 4.78 is 43.8. The van der Waals surface area contributed by atoms with Gasteiger partial charge >= 0.3 is 6.18 Å². The molecule has 0 bridgehead atoms. The van der Waals surface area contributed by atoms with Crippen LogP contribution in [0.5, 0.6) is 0 Å². The fourth-order valence-electron chi connectivity index (χ4n) is 3.87. The maximum absolute atomic E-state index is 14.1. The number of tetrazole rings is 1. The monoisotopic (exact) mass is 430 g/mol. The van der Waals surface area contributed by atoms with Gasteiger partial charge in [0.25, 0.3) is 0 Å². The van der Waals surface area contributed by atoms with Crippen LogP contribution in [-0.4, -0.2) is 50.3 Å². The number of carbonyl (C=O) groups excluding carboxylic acids is 1. The van der Waals surface area contributed by atoms with Crippen LogP contribution in [-0.2, 0) is 18.4 Å². The van der Waals surface area contributed by atoms with Crippen LogP contribution in [0.15, 0.2) is 54.6 Å². The normalized spacial score (nSPS) is 19.5. The molecule has 1 unspecified atom stereocenters. The minimum atomic E-state index is -4.67. The van der Waals surface area contributed by atoms with E-state index in [2.05, 4.69) is 20.8 Å². The van der Waals surface area contributed by atoms with Crippen LogP contribution >= 0.6 is 0 Å². The lowest BCUT2D eigenvalue weighted by Gasteiger charge is -2.30. The average molecular weight is 430 g/mol. The summed E-state index contributed by atoms with van der Waals surface area (Å²) in [5.74, 6) is -0.611. The topological polar surface area (TPSA) is 75.9 Å². The molecule has 0 radical (unpaired) electrons. The molecule has 1 aromatic heterocycles. The first-order valence-electron chi connectivity index (χ1n) is 9.76. The smallest absolute Gasteiger partial charge is 0.325 e. The molecule has 4 rings (SSSR count). The second-order valence-electron chi connectivity index (χ2n) is 7.69. The SMILES string of the molecule is Cn1nnnc1-c1cccc(NC(=O)C2(C(F)(F)F)CCN(Cc3ccccc3)C2)c1. The number of benzene rings is 2. The van der Waals surface area contributed by atoms with E-state index in [4.69, 9.17) is 0 Å². The van der Waals surface area contributed by atoms with Gasteiger partial charge in [-0.15, -0.1) is 5.10 Å². The van der Waals surface area contributed by atoms with Gasteiger partial charge in [-0.3, -0.25) is 9.69 Å². The summed E-state index contributed by atoms with van der Waals surface area (Å²) in [5, 5.41) is 13.7. The van der Waals surface area contributed by atoms with Gasteiger partial charge in [0.1, 0.15) is 0 Å². The van der Waals surface area contributed by atoms with Crippen LogP contribution in [0.3, 0.4) is 0 Å². The van der Waals surface area contributed by atoms with Crippen LogP contribution in [0.4, 0.5) is 18.9 Å². The van der Waals surface area contributed by atoms with Crippen molar-refractivity contribution in [3.05, 3.63) is 60.2 Å². The molecule has 3 aromatic rings. The zero-order valence-corrected chi connectivity index (χ0v) is 16.8. The van der Waals surface area contributed by atoms with Crippen molar-refractivity contribution in [3.8, 4) is 11.4 Å². The first-order chi connectivity index (χ1) is 14.8.